The van der Waals surface area contributed by atoms with Crippen LogP contribution < -0.4 is 5.32 Å². The van der Waals surface area contributed by atoms with Gasteiger partial charge in [-0.05, 0) is 21.5 Å². The van der Waals surface area contributed by atoms with E-state index in [1.807, 2.05) is 30.3 Å². The second-order valence-electron chi connectivity index (χ2n) is 4.70. The fourth-order valence-corrected chi connectivity index (χ4v) is 1.73. The average Bonchev–Trinajstić information content (AvgIpc) is 2.61. The van der Waals surface area contributed by atoms with Gasteiger partial charge in [0.25, 0.3) is 0 Å². The summed E-state index contributed by atoms with van der Waals surface area (Å²) in [6.45, 7) is 0.563. The molecule has 1 heterocycles. The van der Waals surface area contributed by atoms with Crippen molar-refractivity contribution in [3.8, 4) is 11.8 Å². The molecule has 1 aromatic heterocycles. The SMILES string of the molecule is O=C(NCCC#Cc1ccc([N+](=O)[O-])nc1)OCc1ccccc1. The predicted octanol–water partition coefficient (Wildman–Crippen LogP) is 2.66. The van der Waals surface area contributed by atoms with E-state index in [1.54, 1.807) is 0 Å². The van der Waals surface area contributed by atoms with E-state index >= 15 is 0 Å². The molecule has 0 spiro atoms. The van der Waals surface area contributed by atoms with E-state index in [0.717, 1.165) is 5.56 Å². The topological polar surface area (TPSA) is 94.4 Å². The van der Waals surface area contributed by atoms with Crippen LogP contribution in [-0.2, 0) is 11.3 Å². The highest BCUT2D eigenvalue weighted by Crippen LogP contribution is 2.06. The molecule has 1 amide bonds. The van der Waals surface area contributed by atoms with E-state index in [1.165, 1.54) is 18.3 Å². The first-order valence-corrected chi connectivity index (χ1v) is 7.19. The summed E-state index contributed by atoms with van der Waals surface area (Å²) in [5, 5.41) is 13.1. The first kappa shape index (κ1) is 17.0. The number of nitrogens with one attached hydrogen (secondary N) is 1. The van der Waals surface area contributed by atoms with Crippen LogP contribution in [0.1, 0.15) is 17.5 Å². The van der Waals surface area contributed by atoms with Gasteiger partial charge in [-0.3, -0.25) is 0 Å². The van der Waals surface area contributed by atoms with Crippen molar-refractivity contribution in [1.82, 2.24) is 10.3 Å². The van der Waals surface area contributed by atoms with E-state index in [9.17, 15) is 14.9 Å². The molecule has 0 aliphatic rings. The number of alkyl carbamates (subject to hydrolysis) is 1. The highest BCUT2D eigenvalue weighted by atomic mass is 16.6. The van der Waals surface area contributed by atoms with Gasteiger partial charge in [-0.2, -0.15) is 0 Å². The lowest BCUT2D eigenvalue weighted by atomic mass is 10.2. The summed E-state index contributed by atoms with van der Waals surface area (Å²) in [5.41, 5.74) is 1.49. The highest BCUT2D eigenvalue weighted by Gasteiger charge is 2.04. The summed E-state index contributed by atoms with van der Waals surface area (Å²) in [6, 6.07) is 12.2. The Kier molecular flexibility index (Phi) is 6.29. The lowest BCUT2D eigenvalue weighted by Crippen LogP contribution is -2.24. The molecule has 2 aromatic rings. The second kappa shape index (κ2) is 8.90. The van der Waals surface area contributed by atoms with Crippen molar-refractivity contribution < 1.29 is 14.5 Å². The molecule has 0 radical (unpaired) electrons. The van der Waals surface area contributed by atoms with Gasteiger partial charge in [0.1, 0.15) is 6.61 Å². The molecule has 2 rings (SSSR count). The van der Waals surface area contributed by atoms with Crippen molar-refractivity contribution in [3.05, 3.63) is 69.9 Å². The molecule has 0 unspecified atom stereocenters. The number of nitro groups is 1. The molecule has 0 fully saturated rings. The van der Waals surface area contributed by atoms with E-state index in [0.29, 0.717) is 18.5 Å². The monoisotopic (exact) mass is 325 g/mol. The van der Waals surface area contributed by atoms with Crippen LogP contribution in [0.15, 0.2) is 48.7 Å². The average molecular weight is 325 g/mol. The third kappa shape index (κ3) is 5.77. The van der Waals surface area contributed by atoms with E-state index < -0.39 is 11.0 Å². The van der Waals surface area contributed by atoms with Gasteiger partial charge in [-0.1, -0.05) is 42.2 Å². The molecule has 1 N–H and O–H groups in total. The maximum Gasteiger partial charge on any atom is 0.407 e. The summed E-state index contributed by atoms with van der Waals surface area (Å²) in [5.74, 6) is 5.45. The van der Waals surface area contributed by atoms with Crippen LogP contribution in [-0.4, -0.2) is 22.5 Å². The first-order chi connectivity index (χ1) is 11.6. The minimum Gasteiger partial charge on any atom is -0.445 e. The van der Waals surface area contributed by atoms with Crippen molar-refractivity contribution in [2.24, 2.45) is 0 Å². The fraction of sp³-hybridized carbons (Fsp3) is 0.176. The smallest absolute Gasteiger partial charge is 0.407 e. The number of aromatic nitrogens is 1. The summed E-state index contributed by atoms with van der Waals surface area (Å²) < 4.78 is 5.06. The Morgan fingerprint density at radius 1 is 1.25 bits per heavy atom. The zero-order valence-corrected chi connectivity index (χ0v) is 12.8. The first-order valence-electron chi connectivity index (χ1n) is 7.19. The van der Waals surface area contributed by atoms with Crippen molar-refractivity contribution >= 4 is 11.9 Å². The third-order valence-electron chi connectivity index (χ3n) is 2.90. The largest absolute Gasteiger partial charge is 0.445 e. The molecule has 122 valence electrons. The Balaban J connectivity index is 1.67. The number of ether oxygens (including phenoxy) is 1. The van der Waals surface area contributed by atoms with Gasteiger partial charge >= 0.3 is 11.9 Å². The molecule has 0 saturated heterocycles. The Morgan fingerprint density at radius 3 is 2.71 bits per heavy atom. The summed E-state index contributed by atoms with van der Waals surface area (Å²) in [7, 11) is 0. The molecule has 0 aliphatic heterocycles. The molecule has 0 bridgehead atoms. The molecular formula is C17H15N3O4. The van der Waals surface area contributed by atoms with E-state index in [2.05, 4.69) is 22.1 Å². The Labute approximate surface area is 138 Å². The molecule has 7 nitrogen and oxygen atoms in total. The summed E-state index contributed by atoms with van der Waals surface area (Å²) in [4.78, 5) is 25.1. The van der Waals surface area contributed by atoms with Gasteiger partial charge in [0.2, 0.25) is 0 Å². The second-order valence-corrected chi connectivity index (χ2v) is 4.70. The lowest BCUT2D eigenvalue weighted by molar-refractivity contribution is -0.389. The molecule has 7 heteroatoms. The molecular weight excluding hydrogens is 310 g/mol. The number of carbonyl (C=O) groups excluding carboxylic acids is 1. The fourth-order valence-electron chi connectivity index (χ4n) is 1.73. The van der Waals surface area contributed by atoms with Crippen LogP contribution >= 0.6 is 0 Å². The maximum atomic E-state index is 11.5. The lowest BCUT2D eigenvalue weighted by Gasteiger charge is -2.05. The predicted molar refractivity (Wildman–Crippen MR) is 87.0 cm³/mol. The number of nitrogens with zero attached hydrogens (tertiary/aromatic N) is 2. The summed E-state index contributed by atoms with van der Waals surface area (Å²) >= 11 is 0. The Hall–Kier alpha value is -3.40. The zero-order valence-electron chi connectivity index (χ0n) is 12.8. The van der Waals surface area contributed by atoms with Gasteiger partial charge in [0.15, 0.2) is 6.20 Å². The van der Waals surface area contributed by atoms with Gasteiger partial charge in [0, 0.05) is 19.0 Å². The molecule has 24 heavy (non-hydrogen) atoms. The van der Waals surface area contributed by atoms with Crippen molar-refractivity contribution in [2.75, 3.05) is 6.54 Å². The minimum atomic E-state index is -0.567. The normalized spacial score (nSPS) is 9.50. The van der Waals surface area contributed by atoms with Crippen LogP contribution in [0.3, 0.4) is 0 Å². The maximum absolute atomic E-state index is 11.5. The number of carbonyl (C=O) groups is 1. The van der Waals surface area contributed by atoms with Gasteiger partial charge in [0.05, 0.1) is 5.56 Å². The molecule has 0 aliphatic carbocycles. The number of hydrogen-bond acceptors (Lipinski definition) is 5. The van der Waals surface area contributed by atoms with Crippen LogP contribution in [0, 0.1) is 22.0 Å². The van der Waals surface area contributed by atoms with Crippen LogP contribution in [0.2, 0.25) is 0 Å². The van der Waals surface area contributed by atoms with Gasteiger partial charge in [-0.15, -0.1) is 0 Å². The minimum absolute atomic E-state index is 0.215. The number of amides is 1. The quantitative estimate of drug-likeness (QED) is 0.395. The Morgan fingerprint density at radius 2 is 2.04 bits per heavy atom. The van der Waals surface area contributed by atoms with Gasteiger partial charge < -0.3 is 20.2 Å². The summed E-state index contributed by atoms with van der Waals surface area (Å²) in [6.07, 6.45) is 1.27. The van der Waals surface area contributed by atoms with Crippen molar-refractivity contribution in [2.45, 2.75) is 13.0 Å². The molecule has 1 aromatic carbocycles. The standard InChI is InChI=1S/C17H15N3O4/c21-17(24-13-15-7-2-1-3-8-15)18-11-5-4-6-14-9-10-16(19-12-14)20(22)23/h1-3,7-10,12H,5,11,13H2,(H,18,21). The van der Waals surface area contributed by atoms with Gasteiger partial charge in [-0.25, -0.2) is 4.79 Å². The Bertz CT molecular complexity index is 749. The van der Waals surface area contributed by atoms with Crippen molar-refractivity contribution in [1.29, 1.82) is 0 Å². The molecule has 0 atom stereocenters. The van der Waals surface area contributed by atoms with E-state index in [4.69, 9.17) is 4.74 Å². The zero-order chi connectivity index (χ0) is 17.2. The van der Waals surface area contributed by atoms with Crippen LogP contribution in [0.5, 0.6) is 0 Å². The van der Waals surface area contributed by atoms with Crippen LogP contribution in [0.25, 0.3) is 0 Å². The number of rotatable bonds is 5. The number of benzene rings is 1. The molecule has 0 saturated carbocycles. The number of hydrogen-bond donors (Lipinski definition) is 1. The third-order valence-corrected chi connectivity index (χ3v) is 2.90. The van der Waals surface area contributed by atoms with Crippen molar-refractivity contribution in [3.63, 3.8) is 0 Å². The van der Waals surface area contributed by atoms with E-state index in [-0.39, 0.29) is 12.4 Å². The number of pyridine rings is 1. The highest BCUT2D eigenvalue weighted by molar-refractivity contribution is 5.67. The van der Waals surface area contributed by atoms with Crippen LogP contribution in [0.4, 0.5) is 10.6 Å².